The summed E-state index contributed by atoms with van der Waals surface area (Å²) < 4.78 is 3.74. The van der Waals surface area contributed by atoms with Crippen LogP contribution in [0, 0.1) is 0 Å². The largest absolute Gasteiger partial charge is 0.309 e. The summed E-state index contributed by atoms with van der Waals surface area (Å²) in [4.78, 5) is 13.5. The van der Waals surface area contributed by atoms with Crippen LogP contribution < -0.4 is 5.32 Å². The van der Waals surface area contributed by atoms with Crippen molar-refractivity contribution < 1.29 is 0 Å². The van der Waals surface area contributed by atoms with Crippen molar-refractivity contribution in [3.63, 3.8) is 0 Å². The molecule has 0 aliphatic heterocycles. The molecule has 1 saturated carbocycles. The second-order valence-electron chi connectivity index (χ2n) is 8.02. The van der Waals surface area contributed by atoms with Gasteiger partial charge in [0.25, 0.3) is 0 Å². The number of hydrogen-bond donors (Lipinski definition) is 1. The third kappa shape index (κ3) is 3.58. The highest BCUT2D eigenvalue weighted by atomic mass is 15.3. The molecule has 5 aromatic heterocycles. The Balaban J connectivity index is 1.27. The third-order valence-electron chi connectivity index (χ3n) is 5.72. The highest BCUT2D eigenvalue weighted by Gasteiger charge is 2.23. The van der Waals surface area contributed by atoms with E-state index in [-0.39, 0.29) is 0 Å². The minimum absolute atomic E-state index is 0.509. The fraction of sp³-hybridized carbons (Fsp3) is 0.217. The number of hydrogen-bond acceptors (Lipinski definition) is 7. The van der Waals surface area contributed by atoms with Crippen LogP contribution in [0.15, 0.2) is 61.2 Å². The zero-order chi connectivity index (χ0) is 21.5. The maximum atomic E-state index is 4.64. The molecular weight excluding hydrogens is 402 g/mol. The zero-order valence-electron chi connectivity index (χ0n) is 17.5. The van der Waals surface area contributed by atoms with Crippen molar-refractivity contribution in [1.29, 1.82) is 0 Å². The SMILES string of the molecule is Cn1nccc1Nc1nccc(-c2ccn3c(Cc4cc(C5CC5)ccn4)nnc3c2)n1. The molecule has 5 aromatic rings. The van der Waals surface area contributed by atoms with Crippen molar-refractivity contribution in [2.45, 2.75) is 25.2 Å². The Morgan fingerprint density at radius 1 is 1.00 bits per heavy atom. The van der Waals surface area contributed by atoms with Crippen LogP contribution in [0.1, 0.15) is 35.8 Å². The van der Waals surface area contributed by atoms with Gasteiger partial charge in [-0.25, -0.2) is 9.97 Å². The van der Waals surface area contributed by atoms with Crippen LogP contribution in [0.3, 0.4) is 0 Å². The second-order valence-corrected chi connectivity index (χ2v) is 8.02. The van der Waals surface area contributed by atoms with Gasteiger partial charge in [0.2, 0.25) is 5.95 Å². The Morgan fingerprint density at radius 3 is 2.75 bits per heavy atom. The normalized spacial score (nSPS) is 13.5. The average molecular weight is 423 g/mol. The number of nitrogens with zero attached hydrogens (tertiary/aromatic N) is 8. The maximum absolute atomic E-state index is 4.64. The minimum Gasteiger partial charge on any atom is -0.309 e. The zero-order valence-corrected chi connectivity index (χ0v) is 17.5. The predicted molar refractivity (Wildman–Crippen MR) is 120 cm³/mol. The van der Waals surface area contributed by atoms with Crippen molar-refractivity contribution in [3.8, 4) is 11.3 Å². The van der Waals surface area contributed by atoms with Crippen molar-refractivity contribution in [1.82, 2.24) is 39.3 Å². The van der Waals surface area contributed by atoms with E-state index in [9.17, 15) is 0 Å². The van der Waals surface area contributed by atoms with Gasteiger partial charge >= 0.3 is 0 Å². The van der Waals surface area contributed by atoms with E-state index in [2.05, 4.69) is 47.7 Å². The molecule has 0 spiro atoms. The van der Waals surface area contributed by atoms with Crippen molar-refractivity contribution in [2.75, 3.05) is 5.32 Å². The molecule has 1 fully saturated rings. The van der Waals surface area contributed by atoms with E-state index in [1.807, 2.05) is 48.1 Å². The lowest BCUT2D eigenvalue weighted by Crippen LogP contribution is -2.03. The monoisotopic (exact) mass is 423 g/mol. The van der Waals surface area contributed by atoms with Crippen LogP contribution in [0.25, 0.3) is 16.9 Å². The molecule has 1 N–H and O–H groups in total. The van der Waals surface area contributed by atoms with Gasteiger partial charge in [-0.05, 0) is 54.7 Å². The summed E-state index contributed by atoms with van der Waals surface area (Å²) in [5.74, 6) is 2.90. The van der Waals surface area contributed by atoms with E-state index in [4.69, 9.17) is 0 Å². The number of pyridine rings is 2. The molecule has 6 rings (SSSR count). The van der Waals surface area contributed by atoms with Crippen LogP contribution in [-0.4, -0.2) is 39.3 Å². The first-order chi connectivity index (χ1) is 15.7. The Bertz CT molecular complexity index is 1410. The lowest BCUT2D eigenvalue weighted by atomic mass is 10.1. The quantitative estimate of drug-likeness (QED) is 0.446. The van der Waals surface area contributed by atoms with Gasteiger partial charge in [0.15, 0.2) is 5.65 Å². The van der Waals surface area contributed by atoms with Gasteiger partial charge < -0.3 is 5.32 Å². The maximum Gasteiger partial charge on any atom is 0.228 e. The molecule has 9 nitrogen and oxygen atoms in total. The Labute approximate surface area is 184 Å². The van der Waals surface area contributed by atoms with Gasteiger partial charge in [0, 0.05) is 43.0 Å². The smallest absolute Gasteiger partial charge is 0.228 e. The van der Waals surface area contributed by atoms with Crippen LogP contribution in [0.2, 0.25) is 0 Å². The number of nitrogens with one attached hydrogen (secondary N) is 1. The van der Waals surface area contributed by atoms with E-state index >= 15 is 0 Å². The molecule has 0 amide bonds. The van der Waals surface area contributed by atoms with Crippen LogP contribution in [-0.2, 0) is 13.5 Å². The average Bonchev–Trinajstić information content (AvgIpc) is 3.50. The number of anilines is 2. The highest BCUT2D eigenvalue weighted by molar-refractivity contribution is 5.65. The summed E-state index contributed by atoms with van der Waals surface area (Å²) in [6.45, 7) is 0. The standard InChI is InChI=1S/C23H21N9/c1-31-20(6-10-26-31)28-23-25-9-5-19(27-23)17-7-11-32-21(13-17)29-30-22(32)14-18-12-16(4-8-24-18)15-2-3-15/h4-13,15H,2-3,14H2,1H3,(H,25,27,28). The van der Waals surface area contributed by atoms with E-state index in [1.54, 1.807) is 17.1 Å². The lowest BCUT2D eigenvalue weighted by Gasteiger charge is -2.07. The molecule has 5 heterocycles. The number of aryl methyl sites for hydroxylation is 1. The first-order valence-electron chi connectivity index (χ1n) is 10.6. The predicted octanol–water partition coefficient (Wildman–Crippen LogP) is 3.53. The molecule has 0 saturated heterocycles. The molecule has 32 heavy (non-hydrogen) atoms. The number of aromatic nitrogens is 8. The van der Waals surface area contributed by atoms with Gasteiger partial charge in [-0.1, -0.05) is 0 Å². The van der Waals surface area contributed by atoms with Crippen LogP contribution >= 0.6 is 0 Å². The fourth-order valence-electron chi connectivity index (χ4n) is 3.84. The lowest BCUT2D eigenvalue weighted by molar-refractivity contribution is 0.775. The number of rotatable bonds is 6. The second kappa shape index (κ2) is 7.52. The molecule has 1 aliphatic rings. The van der Waals surface area contributed by atoms with E-state index in [1.165, 1.54) is 18.4 Å². The molecule has 9 heteroatoms. The summed E-state index contributed by atoms with van der Waals surface area (Å²) in [6.07, 6.45) is 10.6. The summed E-state index contributed by atoms with van der Waals surface area (Å²) >= 11 is 0. The minimum atomic E-state index is 0.509. The van der Waals surface area contributed by atoms with Gasteiger partial charge in [0.05, 0.1) is 18.3 Å². The van der Waals surface area contributed by atoms with Gasteiger partial charge in [-0.3, -0.25) is 14.1 Å². The Morgan fingerprint density at radius 2 is 1.91 bits per heavy atom. The fourth-order valence-corrected chi connectivity index (χ4v) is 3.84. The molecule has 0 atom stereocenters. The Kier molecular flexibility index (Phi) is 4.38. The van der Waals surface area contributed by atoms with E-state index in [0.717, 1.165) is 34.2 Å². The first-order valence-corrected chi connectivity index (χ1v) is 10.6. The first kappa shape index (κ1) is 18.6. The van der Waals surface area contributed by atoms with E-state index < -0.39 is 0 Å². The molecule has 0 unspecified atom stereocenters. The highest BCUT2D eigenvalue weighted by Crippen LogP contribution is 2.40. The van der Waals surface area contributed by atoms with Crippen LogP contribution in [0.5, 0.6) is 0 Å². The van der Waals surface area contributed by atoms with Gasteiger partial charge in [-0.15, -0.1) is 10.2 Å². The number of fused-ring (bicyclic) bond motifs is 1. The Hall–Kier alpha value is -4.14. The summed E-state index contributed by atoms with van der Waals surface area (Å²) in [7, 11) is 1.86. The molecular formula is C23H21N9. The topological polar surface area (TPSA) is 98.7 Å². The molecule has 158 valence electrons. The molecule has 0 bridgehead atoms. The summed E-state index contributed by atoms with van der Waals surface area (Å²) in [6, 6.07) is 12.1. The summed E-state index contributed by atoms with van der Waals surface area (Å²) in [5, 5.41) is 16.1. The van der Waals surface area contributed by atoms with Crippen molar-refractivity contribution >= 4 is 17.4 Å². The van der Waals surface area contributed by atoms with Crippen molar-refractivity contribution in [2.24, 2.45) is 7.05 Å². The summed E-state index contributed by atoms with van der Waals surface area (Å²) in [5.41, 5.74) is 4.92. The van der Waals surface area contributed by atoms with Gasteiger partial charge in [0.1, 0.15) is 11.6 Å². The molecule has 0 radical (unpaired) electrons. The molecule has 0 aromatic carbocycles. The van der Waals surface area contributed by atoms with Crippen LogP contribution in [0.4, 0.5) is 11.8 Å². The van der Waals surface area contributed by atoms with Gasteiger partial charge in [-0.2, -0.15) is 5.10 Å². The molecule has 1 aliphatic carbocycles. The third-order valence-corrected chi connectivity index (χ3v) is 5.72. The van der Waals surface area contributed by atoms with E-state index in [0.29, 0.717) is 18.3 Å². The van der Waals surface area contributed by atoms with Crippen molar-refractivity contribution in [3.05, 3.63) is 78.3 Å².